The monoisotopic (exact) mass is 774 g/mol. The fraction of sp³-hybridized carbons (Fsp3) is 0.568. The number of benzene rings is 2. The number of hydrogen-bond donors (Lipinski definition) is 1. The summed E-state index contributed by atoms with van der Waals surface area (Å²) < 4.78 is 27.3. The van der Waals surface area contributed by atoms with Gasteiger partial charge in [0.25, 0.3) is 11.4 Å². The highest BCUT2D eigenvalue weighted by molar-refractivity contribution is 5.94. The molecule has 0 aromatic heterocycles. The quantitative estimate of drug-likeness (QED) is 0.125. The van der Waals surface area contributed by atoms with Gasteiger partial charge in [-0.05, 0) is 66.5 Å². The molecule has 2 aliphatic rings. The SMILES string of the molecule is COC(=O)c1cc([N+](=O)[O-])cc(C)c1OC1CCN(C(=O)OC(C)(C)C)CC1.Cc1cc([N+](=O)[O-])cc(C(=O)O)c1OC1CCN(C(=O)OC(C)(C)C)CC1. The Balaban J connectivity index is 0.000000296. The van der Waals surface area contributed by atoms with Crippen LogP contribution in [-0.2, 0) is 14.2 Å². The van der Waals surface area contributed by atoms with Crippen LogP contribution in [0.4, 0.5) is 21.0 Å². The normalized spacial score (nSPS) is 15.2. The van der Waals surface area contributed by atoms with Gasteiger partial charge < -0.3 is 38.6 Å². The van der Waals surface area contributed by atoms with Crippen LogP contribution in [0, 0.1) is 34.1 Å². The fourth-order valence-corrected chi connectivity index (χ4v) is 5.75. The molecule has 302 valence electrons. The van der Waals surface area contributed by atoms with E-state index in [1.165, 1.54) is 19.2 Å². The number of aromatic carboxylic acids is 1. The number of likely N-dealkylation sites (tertiary alicyclic amines) is 2. The van der Waals surface area contributed by atoms with E-state index in [0.29, 0.717) is 63.0 Å². The lowest BCUT2D eigenvalue weighted by molar-refractivity contribution is -0.385. The zero-order valence-corrected chi connectivity index (χ0v) is 32.7. The molecule has 4 rings (SSSR count). The Kier molecular flexibility index (Phi) is 14.4. The van der Waals surface area contributed by atoms with Crippen LogP contribution >= 0.6 is 0 Å². The maximum Gasteiger partial charge on any atom is 0.410 e. The summed E-state index contributed by atoms with van der Waals surface area (Å²) in [4.78, 5) is 71.9. The Morgan fingerprint density at radius 3 is 1.33 bits per heavy atom. The molecule has 0 aliphatic carbocycles. The van der Waals surface area contributed by atoms with Crippen LogP contribution in [0.3, 0.4) is 0 Å². The lowest BCUT2D eigenvalue weighted by atomic mass is 10.1. The molecule has 0 radical (unpaired) electrons. The third-order valence-corrected chi connectivity index (χ3v) is 8.33. The molecule has 2 amide bonds. The van der Waals surface area contributed by atoms with Crippen LogP contribution in [0.5, 0.6) is 11.5 Å². The van der Waals surface area contributed by atoms with Crippen molar-refractivity contribution in [3.8, 4) is 11.5 Å². The van der Waals surface area contributed by atoms with Gasteiger partial charge in [0.05, 0.1) is 17.0 Å². The number of methoxy groups -OCH3 is 1. The minimum atomic E-state index is -1.29. The fourth-order valence-electron chi connectivity index (χ4n) is 5.75. The van der Waals surface area contributed by atoms with Crippen molar-refractivity contribution in [3.63, 3.8) is 0 Å². The number of carboxylic acids is 1. The summed E-state index contributed by atoms with van der Waals surface area (Å²) in [7, 11) is 1.21. The van der Waals surface area contributed by atoms with Crippen molar-refractivity contribution < 1.29 is 57.8 Å². The van der Waals surface area contributed by atoms with E-state index in [0.717, 1.165) is 12.1 Å². The van der Waals surface area contributed by atoms with E-state index in [4.69, 9.17) is 23.7 Å². The highest BCUT2D eigenvalue weighted by Crippen LogP contribution is 2.33. The summed E-state index contributed by atoms with van der Waals surface area (Å²) in [6, 6.07) is 4.81. The minimum absolute atomic E-state index is 0.0174. The van der Waals surface area contributed by atoms with Gasteiger partial charge in [-0.25, -0.2) is 19.2 Å². The zero-order valence-electron chi connectivity index (χ0n) is 32.7. The number of aryl methyl sites for hydroxylation is 2. The zero-order chi connectivity index (χ0) is 41.4. The molecule has 2 aromatic rings. The van der Waals surface area contributed by atoms with Gasteiger partial charge in [0.15, 0.2) is 0 Å². The lowest BCUT2D eigenvalue weighted by Crippen LogP contribution is -2.44. The third kappa shape index (κ3) is 12.7. The predicted molar refractivity (Wildman–Crippen MR) is 197 cm³/mol. The number of carbonyl (C=O) groups is 4. The van der Waals surface area contributed by atoms with E-state index in [1.807, 2.05) is 20.8 Å². The molecule has 1 N–H and O–H groups in total. The number of nitro groups is 2. The highest BCUT2D eigenvalue weighted by Gasteiger charge is 2.31. The molecule has 0 saturated carbocycles. The van der Waals surface area contributed by atoms with E-state index < -0.39 is 39.1 Å². The van der Waals surface area contributed by atoms with Crippen molar-refractivity contribution >= 4 is 35.5 Å². The molecule has 18 heteroatoms. The number of rotatable bonds is 8. The summed E-state index contributed by atoms with van der Waals surface area (Å²) >= 11 is 0. The van der Waals surface area contributed by atoms with Crippen molar-refractivity contribution in [2.45, 2.75) is 104 Å². The summed E-state index contributed by atoms with van der Waals surface area (Å²) in [5.41, 5.74) is -0.991. The summed E-state index contributed by atoms with van der Waals surface area (Å²) in [5, 5.41) is 31.4. The van der Waals surface area contributed by atoms with Crippen molar-refractivity contribution in [1.82, 2.24) is 9.80 Å². The number of hydrogen-bond acceptors (Lipinski definition) is 13. The van der Waals surface area contributed by atoms with Gasteiger partial charge in [0, 0.05) is 76.1 Å². The maximum atomic E-state index is 12.2. The molecule has 0 bridgehead atoms. The van der Waals surface area contributed by atoms with Gasteiger partial charge in [-0.1, -0.05) is 0 Å². The molecular formula is C37H50N4O14. The third-order valence-electron chi connectivity index (χ3n) is 8.33. The molecule has 55 heavy (non-hydrogen) atoms. The number of nitro benzene ring substituents is 2. The van der Waals surface area contributed by atoms with Gasteiger partial charge >= 0.3 is 24.1 Å². The number of piperidine rings is 2. The Bertz CT molecular complexity index is 1770. The average Bonchev–Trinajstić information content (AvgIpc) is 3.08. The van der Waals surface area contributed by atoms with Gasteiger partial charge in [-0.3, -0.25) is 20.2 Å². The topological polar surface area (TPSA) is 227 Å². The Labute approximate surface area is 318 Å². The first-order valence-electron chi connectivity index (χ1n) is 17.7. The van der Waals surface area contributed by atoms with Crippen LogP contribution in [0.1, 0.15) is 99.1 Å². The van der Waals surface area contributed by atoms with Crippen molar-refractivity contribution in [2.75, 3.05) is 33.3 Å². The number of ether oxygens (including phenoxy) is 5. The van der Waals surface area contributed by atoms with Crippen LogP contribution in [0.2, 0.25) is 0 Å². The van der Waals surface area contributed by atoms with Gasteiger partial charge in [-0.2, -0.15) is 0 Å². The van der Waals surface area contributed by atoms with Gasteiger partial charge in [0.2, 0.25) is 0 Å². The minimum Gasteiger partial charge on any atom is -0.489 e. The maximum absolute atomic E-state index is 12.2. The van der Waals surface area contributed by atoms with E-state index in [-0.39, 0.29) is 52.3 Å². The van der Waals surface area contributed by atoms with Crippen LogP contribution < -0.4 is 9.47 Å². The number of amides is 2. The highest BCUT2D eigenvalue weighted by atomic mass is 16.6. The van der Waals surface area contributed by atoms with Gasteiger partial charge in [0.1, 0.15) is 46.0 Å². The molecule has 2 aromatic carbocycles. The summed E-state index contributed by atoms with van der Waals surface area (Å²) in [6.07, 6.45) is 0.839. The van der Waals surface area contributed by atoms with E-state index in [1.54, 1.807) is 44.4 Å². The Morgan fingerprint density at radius 2 is 1.02 bits per heavy atom. The van der Waals surface area contributed by atoms with Gasteiger partial charge in [-0.15, -0.1) is 0 Å². The Morgan fingerprint density at radius 1 is 0.673 bits per heavy atom. The summed E-state index contributed by atoms with van der Waals surface area (Å²) in [6.45, 7) is 15.8. The molecular weight excluding hydrogens is 724 g/mol. The smallest absolute Gasteiger partial charge is 0.410 e. The lowest BCUT2D eigenvalue weighted by Gasteiger charge is -2.34. The Hall–Kier alpha value is -5.68. The number of esters is 1. The largest absolute Gasteiger partial charge is 0.489 e. The number of non-ortho nitro benzene ring substituents is 2. The molecule has 2 aliphatic heterocycles. The number of nitrogens with zero attached hydrogens (tertiary/aromatic N) is 4. The van der Waals surface area contributed by atoms with E-state index >= 15 is 0 Å². The van der Waals surface area contributed by atoms with Crippen LogP contribution in [0.15, 0.2) is 24.3 Å². The second-order valence-corrected chi connectivity index (χ2v) is 15.2. The van der Waals surface area contributed by atoms with Crippen molar-refractivity contribution in [1.29, 1.82) is 0 Å². The standard InChI is InChI=1S/C19H26N2O7.C18H24N2O7/c1-12-10-13(21(24)25)11-15(17(22)26-5)16(12)27-14-6-8-20(9-7-14)18(23)28-19(2,3)4;1-11-9-12(20(24)25)10-14(16(21)22)15(11)26-13-5-7-19(8-6-13)17(23)27-18(2,3)4/h10-11,14H,6-9H2,1-5H3;9-10,13H,5-8H2,1-4H3,(H,21,22). The van der Waals surface area contributed by atoms with Crippen LogP contribution in [-0.4, -0.2) is 106 Å². The van der Waals surface area contributed by atoms with Crippen molar-refractivity contribution in [3.05, 3.63) is 66.7 Å². The first-order chi connectivity index (χ1) is 25.5. The second kappa shape index (κ2) is 18.1. The predicted octanol–water partition coefficient (Wildman–Crippen LogP) is 6.85. The molecule has 0 spiro atoms. The molecule has 0 atom stereocenters. The molecule has 18 nitrogen and oxygen atoms in total. The van der Waals surface area contributed by atoms with Crippen molar-refractivity contribution in [2.24, 2.45) is 0 Å². The number of carbonyl (C=O) groups excluding carboxylic acids is 3. The first kappa shape index (κ1) is 43.7. The van der Waals surface area contributed by atoms with E-state index in [9.17, 15) is 44.5 Å². The molecule has 0 unspecified atom stereocenters. The molecule has 2 fully saturated rings. The average molecular weight is 775 g/mol. The molecule has 2 heterocycles. The number of carboxylic acid groups (broad SMARTS) is 1. The molecule has 2 saturated heterocycles. The first-order valence-corrected chi connectivity index (χ1v) is 17.7. The van der Waals surface area contributed by atoms with E-state index in [2.05, 4.69) is 0 Å². The summed E-state index contributed by atoms with van der Waals surface area (Å²) in [5.74, 6) is -1.59. The second-order valence-electron chi connectivity index (χ2n) is 15.2. The van der Waals surface area contributed by atoms with Crippen LogP contribution in [0.25, 0.3) is 0 Å².